The van der Waals surface area contributed by atoms with Crippen molar-refractivity contribution in [2.45, 2.75) is 49.6 Å². The number of aliphatic hydroxyl groups excluding tert-OH is 1. The van der Waals surface area contributed by atoms with Crippen LogP contribution in [-0.2, 0) is 16.6 Å². The lowest BCUT2D eigenvalue weighted by atomic mass is 9.96. The van der Waals surface area contributed by atoms with Crippen molar-refractivity contribution < 1.29 is 13.5 Å². The van der Waals surface area contributed by atoms with Gasteiger partial charge in [-0.15, -0.1) is 0 Å². The average Bonchev–Trinajstić information content (AvgIpc) is 2.47. The van der Waals surface area contributed by atoms with E-state index in [-0.39, 0.29) is 26.5 Å². The molecule has 118 valence electrons. The molecule has 1 N–H and O–H groups in total. The summed E-state index contributed by atoms with van der Waals surface area (Å²) in [7, 11) is -2.09. The Morgan fingerprint density at radius 2 is 1.86 bits per heavy atom. The Morgan fingerprint density at radius 1 is 1.24 bits per heavy atom. The van der Waals surface area contributed by atoms with E-state index in [1.807, 2.05) is 0 Å². The zero-order valence-electron chi connectivity index (χ0n) is 11.8. The van der Waals surface area contributed by atoms with Crippen molar-refractivity contribution in [3.05, 3.63) is 27.7 Å². The summed E-state index contributed by atoms with van der Waals surface area (Å²) in [6, 6.07) is 2.87. The lowest BCUT2D eigenvalue weighted by Crippen LogP contribution is -2.38. The van der Waals surface area contributed by atoms with Gasteiger partial charge in [0.15, 0.2) is 0 Å². The molecule has 0 unspecified atom stereocenters. The number of halogens is 2. The van der Waals surface area contributed by atoms with Crippen molar-refractivity contribution in [1.29, 1.82) is 0 Å². The van der Waals surface area contributed by atoms with E-state index < -0.39 is 16.6 Å². The van der Waals surface area contributed by atoms with Gasteiger partial charge in [0.1, 0.15) is 4.90 Å². The average molecular weight is 352 g/mol. The van der Waals surface area contributed by atoms with E-state index in [1.54, 1.807) is 7.05 Å². The Bertz CT molecular complexity index is 613. The van der Waals surface area contributed by atoms with Crippen LogP contribution in [-0.4, -0.2) is 30.9 Å². The van der Waals surface area contributed by atoms with Crippen molar-refractivity contribution in [3.8, 4) is 0 Å². The predicted molar refractivity (Wildman–Crippen MR) is 84.2 cm³/mol. The SMILES string of the molecule is CN(C1CCCCC1)S(=O)(=O)c1ccc(Cl)c(CO)c1Cl. The summed E-state index contributed by atoms with van der Waals surface area (Å²) in [6.45, 7) is -0.395. The van der Waals surface area contributed by atoms with Gasteiger partial charge in [0, 0.05) is 23.7 Å². The summed E-state index contributed by atoms with van der Waals surface area (Å²) in [5.74, 6) is 0. The molecule has 1 aromatic carbocycles. The summed E-state index contributed by atoms with van der Waals surface area (Å²) >= 11 is 12.1. The van der Waals surface area contributed by atoms with Crippen LogP contribution < -0.4 is 0 Å². The van der Waals surface area contributed by atoms with E-state index in [0.717, 1.165) is 32.1 Å². The van der Waals surface area contributed by atoms with Gasteiger partial charge in [0.25, 0.3) is 0 Å². The number of hydrogen-bond donors (Lipinski definition) is 1. The standard InChI is InChI=1S/C14H19Cl2NO3S/c1-17(10-5-3-2-4-6-10)21(19,20)13-8-7-12(15)11(9-18)14(13)16/h7-8,10,18H,2-6,9H2,1H3. The molecule has 0 aromatic heterocycles. The molecule has 4 nitrogen and oxygen atoms in total. The van der Waals surface area contributed by atoms with Crippen LogP contribution in [0.5, 0.6) is 0 Å². The second kappa shape index (κ2) is 6.84. The molecule has 21 heavy (non-hydrogen) atoms. The number of aliphatic hydroxyl groups is 1. The molecule has 7 heteroatoms. The number of sulfonamides is 1. The Balaban J connectivity index is 2.39. The highest BCUT2D eigenvalue weighted by Crippen LogP contribution is 2.34. The van der Waals surface area contributed by atoms with Crippen LogP contribution in [0.4, 0.5) is 0 Å². The van der Waals surface area contributed by atoms with Crippen molar-refractivity contribution in [2.24, 2.45) is 0 Å². The first-order valence-electron chi connectivity index (χ1n) is 6.95. The minimum Gasteiger partial charge on any atom is -0.392 e. The van der Waals surface area contributed by atoms with E-state index in [2.05, 4.69) is 0 Å². The van der Waals surface area contributed by atoms with Gasteiger partial charge in [-0.3, -0.25) is 0 Å². The summed E-state index contributed by atoms with van der Waals surface area (Å²) in [6.07, 6.45) is 4.98. The normalized spacial score (nSPS) is 17.4. The Hall–Kier alpha value is -0.330. The minimum absolute atomic E-state index is 0.00527. The number of nitrogens with zero attached hydrogens (tertiary/aromatic N) is 1. The first-order valence-corrected chi connectivity index (χ1v) is 9.15. The zero-order valence-corrected chi connectivity index (χ0v) is 14.2. The van der Waals surface area contributed by atoms with Crippen molar-refractivity contribution in [1.82, 2.24) is 4.31 Å². The Labute approximate surface area is 135 Å². The van der Waals surface area contributed by atoms with Gasteiger partial charge in [0.2, 0.25) is 10.0 Å². The molecule has 0 bridgehead atoms. The van der Waals surface area contributed by atoms with Crippen molar-refractivity contribution >= 4 is 33.2 Å². The van der Waals surface area contributed by atoms with Crippen LogP contribution in [0.1, 0.15) is 37.7 Å². The van der Waals surface area contributed by atoms with Gasteiger partial charge in [-0.05, 0) is 25.0 Å². The second-order valence-electron chi connectivity index (χ2n) is 5.31. The molecule has 1 aliphatic carbocycles. The van der Waals surface area contributed by atoms with Crippen LogP contribution in [0.3, 0.4) is 0 Å². The van der Waals surface area contributed by atoms with E-state index in [0.29, 0.717) is 0 Å². The fourth-order valence-electron chi connectivity index (χ4n) is 2.72. The number of rotatable bonds is 4. The molecule has 0 heterocycles. The van der Waals surface area contributed by atoms with Crippen molar-refractivity contribution in [2.75, 3.05) is 7.05 Å². The lowest BCUT2D eigenvalue weighted by molar-refractivity contribution is 0.281. The fraction of sp³-hybridized carbons (Fsp3) is 0.571. The zero-order chi connectivity index (χ0) is 15.6. The first-order chi connectivity index (χ1) is 9.89. The Kier molecular flexibility index (Phi) is 5.54. The van der Waals surface area contributed by atoms with Crippen LogP contribution in [0.2, 0.25) is 10.0 Å². The maximum absolute atomic E-state index is 12.7. The van der Waals surface area contributed by atoms with Gasteiger partial charge < -0.3 is 5.11 Å². The van der Waals surface area contributed by atoms with Crippen LogP contribution >= 0.6 is 23.2 Å². The van der Waals surface area contributed by atoms with Crippen LogP contribution in [0.25, 0.3) is 0 Å². The highest BCUT2D eigenvalue weighted by atomic mass is 35.5. The molecule has 1 aliphatic rings. The summed E-state index contributed by atoms with van der Waals surface area (Å²) in [5.41, 5.74) is 0.247. The lowest BCUT2D eigenvalue weighted by Gasteiger charge is -2.30. The quantitative estimate of drug-likeness (QED) is 0.903. The van der Waals surface area contributed by atoms with Gasteiger partial charge in [-0.1, -0.05) is 42.5 Å². The molecule has 0 saturated heterocycles. The molecule has 1 fully saturated rings. The third-order valence-electron chi connectivity index (χ3n) is 4.05. The molecular weight excluding hydrogens is 333 g/mol. The summed E-state index contributed by atoms with van der Waals surface area (Å²) in [5, 5.41) is 9.57. The third-order valence-corrected chi connectivity index (χ3v) is 6.90. The molecule has 0 aliphatic heterocycles. The molecule has 1 aromatic rings. The van der Waals surface area contributed by atoms with Gasteiger partial charge >= 0.3 is 0 Å². The van der Waals surface area contributed by atoms with Gasteiger partial charge in [-0.2, -0.15) is 4.31 Å². The maximum atomic E-state index is 12.7. The van der Waals surface area contributed by atoms with E-state index in [9.17, 15) is 13.5 Å². The largest absolute Gasteiger partial charge is 0.392 e. The highest BCUT2D eigenvalue weighted by Gasteiger charge is 2.31. The topological polar surface area (TPSA) is 57.6 Å². The molecule has 0 amide bonds. The second-order valence-corrected chi connectivity index (χ2v) is 8.06. The summed E-state index contributed by atoms with van der Waals surface area (Å²) in [4.78, 5) is 0.00527. The smallest absolute Gasteiger partial charge is 0.244 e. The van der Waals surface area contributed by atoms with E-state index in [4.69, 9.17) is 23.2 Å². The molecule has 0 spiro atoms. The van der Waals surface area contributed by atoms with E-state index >= 15 is 0 Å². The maximum Gasteiger partial charge on any atom is 0.244 e. The van der Waals surface area contributed by atoms with Crippen LogP contribution in [0, 0.1) is 0 Å². The predicted octanol–water partition coefficient (Wildman–Crippen LogP) is 3.44. The van der Waals surface area contributed by atoms with Crippen LogP contribution in [0.15, 0.2) is 17.0 Å². The Morgan fingerprint density at radius 3 is 2.43 bits per heavy atom. The first kappa shape index (κ1) is 17.0. The molecular formula is C14H19Cl2NO3S. The third kappa shape index (κ3) is 3.37. The monoisotopic (exact) mass is 351 g/mol. The molecule has 1 saturated carbocycles. The molecule has 0 atom stereocenters. The molecule has 2 rings (SSSR count). The van der Waals surface area contributed by atoms with E-state index in [1.165, 1.54) is 16.4 Å². The summed E-state index contributed by atoms with van der Waals surface area (Å²) < 4.78 is 26.9. The van der Waals surface area contributed by atoms with Gasteiger partial charge in [0.05, 0.1) is 11.6 Å². The molecule has 0 radical (unpaired) electrons. The minimum atomic E-state index is -3.69. The number of hydrogen-bond acceptors (Lipinski definition) is 3. The number of benzene rings is 1. The van der Waals surface area contributed by atoms with Crippen molar-refractivity contribution in [3.63, 3.8) is 0 Å². The fourth-order valence-corrected chi connectivity index (χ4v) is 5.00. The highest BCUT2D eigenvalue weighted by molar-refractivity contribution is 7.89. The van der Waals surface area contributed by atoms with Gasteiger partial charge in [-0.25, -0.2) is 8.42 Å².